The van der Waals surface area contributed by atoms with Crippen LogP contribution in [0.5, 0.6) is 6.01 Å². The van der Waals surface area contributed by atoms with Crippen LogP contribution in [0.3, 0.4) is 0 Å². The van der Waals surface area contributed by atoms with E-state index in [0.717, 1.165) is 0 Å². The predicted octanol–water partition coefficient (Wildman–Crippen LogP) is 2.56. The molecule has 4 heterocycles. The second-order valence-electron chi connectivity index (χ2n) is 7.82. The summed E-state index contributed by atoms with van der Waals surface area (Å²) in [7, 11) is 0. The summed E-state index contributed by atoms with van der Waals surface area (Å²) in [6.07, 6.45) is 2.06. The highest BCUT2D eigenvalue weighted by Crippen LogP contribution is 2.29. The number of hydrogen-bond acceptors (Lipinski definition) is 9. The van der Waals surface area contributed by atoms with Crippen molar-refractivity contribution in [1.29, 1.82) is 0 Å². The molecule has 2 aromatic heterocycles. The Labute approximate surface area is 192 Å². The first-order valence-electron chi connectivity index (χ1n) is 10.8. The number of anilines is 1. The van der Waals surface area contributed by atoms with E-state index < -0.39 is 12.2 Å². The minimum Gasteiger partial charge on any atom is -0.424 e. The average molecular weight is 470 g/mol. The van der Waals surface area contributed by atoms with Crippen molar-refractivity contribution in [3.63, 3.8) is 0 Å². The van der Waals surface area contributed by atoms with E-state index in [1.165, 1.54) is 4.57 Å². The van der Waals surface area contributed by atoms with Crippen molar-refractivity contribution < 1.29 is 27.7 Å². The van der Waals surface area contributed by atoms with Gasteiger partial charge in [0.25, 0.3) is 6.43 Å². The molecule has 6 rings (SSSR count). The van der Waals surface area contributed by atoms with Gasteiger partial charge < -0.3 is 23.8 Å². The number of hydrogen-bond donors (Lipinski definition) is 0. The first-order chi connectivity index (χ1) is 16.7. The number of morpholine rings is 1. The van der Waals surface area contributed by atoms with E-state index in [9.17, 15) is 8.78 Å². The summed E-state index contributed by atoms with van der Waals surface area (Å²) >= 11 is 0. The van der Waals surface area contributed by atoms with E-state index in [4.69, 9.17) is 18.9 Å². The Balaban J connectivity index is 1.45. The molecule has 0 saturated carbocycles. The van der Waals surface area contributed by atoms with Gasteiger partial charge in [-0.25, -0.2) is 13.8 Å². The largest absolute Gasteiger partial charge is 0.424 e. The number of imidazole rings is 1. The molecule has 1 aliphatic carbocycles. The standard InChI is InChI=1S/C22H20F2N6O4/c23-18(24)19-25-14-3-1-2-4-15(14)30(19)21-26-20(29-7-9-31-10-8-29)27-22(28-21)34-13-5-6-16-17(11-13)33-12-32-16/h1-6,11,16-18H,7-10,12H2. The molecule has 176 valence electrons. The molecule has 0 radical (unpaired) electrons. The Hall–Kier alpha value is -3.48. The quantitative estimate of drug-likeness (QED) is 0.557. The first-order valence-corrected chi connectivity index (χ1v) is 10.8. The van der Waals surface area contributed by atoms with Crippen molar-refractivity contribution in [2.75, 3.05) is 38.0 Å². The highest BCUT2D eigenvalue weighted by Gasteiger charge is 2.29. The number of allylic oxidation sites excluding steroid dienone is 1. The second-order valence-corrected chi connectivity index (χ2v) is 7.82. The fourth-order valence-electron chi connectivity index (χ4n) is 4.06. The van der Waals surface area contributed by atoms with Crippen LogP contribution in [0.25, 0.3) is 17.0 Å². The molecule has 12 heteroatoms. The fourth-order valence-corrected chi connectivity index (χ4v) is 4.06. The molecule has 1 aromatic carbocycles. The van der Waals surface area contributed by atoms with E-state index in [-0.39, 0.29) is 31.0 Å². The van der Waals surface area contributed by atoms with Crippen molar-refractivity contribution in [2.45, 2.75) is 18.6 Å². The SMILES string of the molecule is FC(F)c1nc2ccccc2n1-c1nc(OC2=CC3OCOC3C=C2)nc(N2CCOCC2)n1. The number of benzene rings is 1. The number of rotatable bonds is 5. The molecule has 2 atom stereocenters. The van der Waals surface area contributed by atoms with Crippen LogP contribution in [0.2, 0.25) is 0 Å². The number of halogens is 2. The number of nitrogens with zero attached hydrogens (tertiary/aromatic N) is 6. The lowest BCUT2D eigenvalue weighted by Crippen LogP contribution is -2.37. The van der Waals surface area contributed by atoms with Gasteiger partial charge in [0.15, 0.2) is 5.82 Å². The van der Waals surface area contributed by atoms with Gasteiger partial charge in [-0.15, -0.1) is 0 Å². The van der Waals surface area contributed by atoms with E-state index in [1.807, 2.05) is 11.0 Å². The average Bonchev–Trinajstić information content (AvgIpc) is 3.49. The third-order valence-electron chi connectivity index (χ3n) is 5.70. The Kier molecular flexibility index (Phi) is 5.40. The van der Waals surface area contributed by atoms with Crippen molar-refractivity contribution in [1.82, 2.24) is 24.5 Å². The predicted molar refractivity (Wildman–Crippen MR) is 115 cm³/mol. The molecule has 3 aromatic rings. The zero-order valence-corrected chi connectivity index (χ0v) is 17.9. The maximum absolute atomic E-state index is 13.9. The maximum atomic E-state index is 13.9. The third-order valence-corrected chi connectivity index (χ3v) is 5.70. The highest BCUT2D eigenvalue weighted by molar-refractivity contribution is 5.77. The Morgan fingerprint density at radius 2 is 1.76 bits per heavy atom. The Morgan fingerprint density at radius 3 is 2.62 bits per heavy atom. The topological polar surface area (TPSA) is 96.7 Å². The van der Waals surface area contributed by atoms with Crippen molar-refractivity contribution in [3.05, 3.63) is 54.1 Å². The van der Waals surface area contributed by atoms with Crippen LogP contribution in [-0.4, -0.2) is 69.8 Å². The van der Waals surface area contributed by atoms with E-state index in [1.54, 1.807) is 36.4 Å². The number of fused-ring (bicyclic) bond motifs is 2. The number of alkyl halides is 2. The van der Waals surface area contributed by atoms with Gasteiger partial charge in [0, 0.05) is 13.1 Å². The lowest BCUT2D eigenvalue weighted by Gasteiger charge is -2.27. The molecule has 0 amide bonds. The van der Waals surface area contributed by atoms with Gasteiger partial charge >= 0.3 is 6.01 Å². The molecule has 0 spiro atoms. The van der Waals surface area contributed by atoms with E-state index >= 15 is 0 Å². The van der Waals surface area contributed by atoms with Gasteiger partial charge in [0.05, 0.1) is 24.2 Å². The smallest absolute Gasteiger partial charge is 0.328 e. The van der Waals surface area contributed by atoms with E-state index in [0.29, 0.717) is 49.0 Å². The van der Waals surface area contributed by atoms with Crippen LogP contribution in [-0.2, 0) is 14.2 Å². The van der Waals surface area contributed by atoms with Crippen LogP contribution < -0.4 is 9.64 Å². The number of aromatic nitrogens is 5. The van der Waals surface area contributed by atoms with Crippen LogP contribution in [0.15, 0.2) is 48.3 Å². The molecule has 2 saturated heterocycles. The Morgan fingerprint density at radius 1 is 0.971 bits per heavy atom. The molecule has 3 aliphatic rings. The third kappa shape index (κ3) is 3.89. The van der Waals surface area contributed by atoms with Crippen LogP contribution >= 0.6 is 0 Å². The normalized spacial score (nSPS) is 22.3. The van der Waals surface area contributed by atoms with E-state index in [2.05, 4.69) is 19.9 Å². The zero-order valence-electron chi connectivity index (χ0n) is 17.9. The monoisotopic (exact) mass is 470 g/mol. The van der Waals surface area contributed by atoms with Crippen LogP contribution in [0.4, 0.5) is 14.7 Å². The summed E-state index contributed by atoms with van der Waals surface area (Å²) in [4.78, 5) is 19.4. The van der Waals surface area contributed by atoms with Crippen molar-refractivity contribution in [2.24, 2.45) is 0 Å². The van der Waals surface area contributed by atoms with Gasteiger partial charge in [-0.3, -0.25) is 4.57 Å². The molecule has 2 fully saturated rings. The van der Waals surface area contributed by atoms with Gasteiger partial charge in [-0.1, -0.05) is 12.1 Å². The summed E-state index contributed by atoms with van der Waals surface area (Å²) in [6, 6.07) is 6.81. The summed E-state index contributed by atoms with van der Waals surface area (Å²) in [6.45, 7) is 2.30. The molecule has 34 heavy (non-hydrogen) atoms. The molecule has 10 nitrogen and oxygen atoms in total. The minimum absolute atomic E-state index is 0.00536. The van der Waals surface area contributed by atoms with Gasteiger partial charge in [-0.2, -0.15) is 15.0 Å². The second kappa shape index (κ2) is 8.70. The lowest BCUT2D eigenvalue weighted by atomic mass is 10.1. The number of ether oxygens (including phenoxy) is 4. The van der Waals surface area contributed by atoms with Crippen molar-refractivity contribution in [3.8, 4) is 12.0 Å². The summed E-state index contributed by atoms with van der Waals surface area (Å²) < 4.78 is 51.5. The lowest BCUT2D eigenvalue weighted by molar-refractivity contribution is 0.0502. The summed E-state index contributed by atoms with van der Waals surface area (Å²) in [5, 5.41) is 0. The molecule has 0 bridgehead atoms. The Bertz CT molecular complexity index is 1270. The van der Waals surface area contributed by atoms with Crippen LogP contribution in [0, 0.1) is 0 Å². The molecule has 2 aliphatic heterocycles. The van der Waals surface area contributed by atoms with Gasteiger partial charge in [0.1, 0.15) is 24.8 Å². The van der Waals surface area contributed by atoms with Gasteiger partial charge in [-0.05, 0) is 30.4 Å². The summed E-state index contributed by atoms with van der Waals surface area (Å²) in [5.74, 6) is 0.304. The van der Waals surface area contributed by atoms with Crippen molar-refractivity contribution >= 4 is 17.0 Å². The first kappa shape index (κ1) is 21.1. The molecule has 2 unspecified atom stereocenters. The molecular formula is C22H20F2N6O4. The maximum Gasteiger partial charge on any atom is 0.328 e. The molecule has 0 N–H and O–H groups in total. The van der Waals surface area contributed by atoms with Gasteiger partial charge in [0.2, 0.25) is 11.9 Å². The zero-order chi connectivity index (χ0) is 23.1. The molecular weight excluding hydrogens is 450 g/mol. The summed E-state index contributed by atoms with van der Waals surface area (Å²) in [5.41, 5.74) is 0.870. The highest BCUT2D eigenvalue weighted by atomic mass is 19.3. The van der Waals surface area contributed by atoms with Crippen LogP contribution in [0.1, 0.15) is 12.2 Å². The fraction of sp³-hybridized carbons (Fsp3) is 0.364. The number of para-hydroxylation sites is 2. The minimum atomic E-state index is -2.83.